The lowest BCUT2D eigenvalue weighted by molar-refractivity contribution is -0.0835. The summed E-state index contributed by atoms with van der Waals surface area (Å²) in [7, 11) is 1.71. The molecule has 1 saturated heterocycles. The van der Waals surface area contributed by atoms with E-state index in [1.165, 1.54) is 6.07 Å². The highest BCUT2D eigenvalue weighted by Crippen LogP contribution is 2.33. The van der Waals surface area contributed by atoms with Gasteiger partial charge in [0, 0.05) is 32.7 Å². The van der Waals surface area contributed by atoms with Gasteiger partial charge < -0.3 is 20.1 Å². The van der Waals surface area contributed by atoms with Crippen LogP contribution in [0.2, 0.25) is 0 Å². The van der Waals surface area contributed by atoms with E-state index in [4.69, 9.17) is 4.74 Å². The van der Waals surface area contributed by atoms with Gasteiger partial charge in [-0.3, -0.25) is 4.99 Å². The zero-order valence-corrected chi connectivity index (χ0v) is 16.6. The maximum Gasteiger partial charge on any atom is 0.387 e. The summed E-state index contributed by atoms with van der Waals surface area (Å²) in [5, 5.41) is 6.58. The molecule has 1 heterocycles. The first-order chi connectivity index (χ1) is 12.8. The molecule has 1 aromatic carbocycles. The number of ether oxygens (including phenoxy) is 2. The lowest BCUT2D eigenvalue weighted by atomic mass is 9.78. The normalized spacial score (nSPS) is 21.2. The summed E-state index contributed by atoms with van der Waals surface area (Å²) in [5.74, 6) is 1.24. The Morgan fingerprint density at radius 3 is 2.78 bits per heavy atom. The summed E-state index contributed by atoms with van der Waals surface area (Å²) < 4.78 is 35.1. The van der Waals surface area contributed by atoms with Crippen molar-refractivity contribution in [2.45, 2.75) is 52.9 Å². The molecular formula is C20H31F2N3O2. The van der Waals surface area contributed by atoms with Crippen molar-refractivity contribution in [2.75, 3.05) is 20.2 Å². The Morgan fingerprint density at radius 2 is 2.11 bits per heavy atom. The van der Waals surface area contributed by atoms with Crippen LogP contribution < -0.4 is 15.4 Å². The molecule has 0 saturated carbocycles. The SMILES string of the molecule is CN=C(NCc1cccc(OC(F)F)c1)NCC1CCCOC1C(C)(C)C. The number of nitrogens with zero attached hydrogens (tertiary/aromatic N) is 1. The Kier molecular flexibility index (Phi) is 7.83. The molecule has 2 unspecified atom stereocenters. The van der Waals surface area contributed by atoms with E-state index in [-0.39, 0.29) is 17.3 Å². The minimum absolute atomic E-state index is 0.0921. The number of guanidine groups is 1. The van der Waals surface area contributed by atoms with Gasteiger partial charge in [-0.05, 0) is 36.0 Å². The molecule has 0 spiro atoms. The first-order valence-corrected chi connectivity index (χ1v) is 9.39. The molecule has 2 atom stereocenters. The Balaban J connectivity index is 1.87. The number of hydrogen-bond acceptors (Lipinski definition) is 3. The Hall–Kier alpha value is -1.89. The van der Waals surface area contributed by atoms with Gasteiger partial charge in [-0.2, -0.15) is 8.78 Å². The minimum atomic E-state index is -2.82. The monoisotopic (exact) mass is 383 g/mol. The van der Waals surface area contributed by atoms with Crippen LogP contribution in [0.3, 0.4) is 0 Å². The molecule has 5 nitrogen and oxygen atoms in total. The quantitative estimate of drug-likeness (QED) is 0.580. The number of nitrogens with one attached hydrogen (secondary N) is 2. The summed E-state index contributed by atoms with van der Waals surface area (Å²) in [6.45, 7) is 5.85. The molecule has 27 heavy (non-hydrogen) atoms. The third-order valence-corrected chi connectivity index (χ3v) is 4.64. The average Bonchev–Trinajstić information content (AvgIpc) is 2.61. The van der Waals surface area contributed by atoms with Crippen molar-refractivity contribution in [3.63, 3.8) is 0 Å². The van der Waals surface area contributed by atoms with Gasteiger partial charge in [0.2, 0.25) is 0 Å². The molecular weight excluding hydrogens is 352 g/mol. The number of aliphatic imine (C=N–C) groups is 1. The summed E-state index contributed by atoms with van der Waals surface area (Å²) in [4.78, 5) is 4.25. The van der Waals surface area contributed by atoms with Crippen molar-refractivity contribution in [1.82, 2.24) is 10.6 Å². The smallest absolute Gasteiger partial charge is 0.387 e. The number of halogens is 2. The Morgan fingerprint density at radius 1 is 1.33 bits per heavy atom. The van der Waals surface area contributed by atoms with E-state index < -0.39 is 6.61 Å². The summed E-state index contributed by atoms with van der Waals surface area (Å²) in [5.41, 5.74) is 0.930. The van der Waals surface area contributed by atoms with Crippen molar-refractivity contribution < 1.29 is 18.3 Å². The van der Waals surface area contributed by atoms with Gasteiger partial charge in [0.25, 0.3) is 0 Å². The van der Waals surface area contributed by atoms with Crippen molar-refractivity contribution in [3.05, 3.63) is 29.8 Å². The van der Waals surface area contributed by atoms with E-state index in [9.17, 15) is 8.78 Å². The van der Waals surface area contributed by atoms with Crippen LogP contribution in [0.1, 0.15) is 39.2 Å². The number of hydrogen-bond donors (Lipinski definition) is 2. The maximum atomic E-state index is 12.3. The van der Waals surface area contributed by atoms with Gasteiger partial charge in [0.05, 0.1) is 6.10 Å². The van der Waals surface area contributed by atoms with Crippen LogP contribution in [0.25, 0.3) is 0 Å². The fourth-order valence-corrected chi connectivity index (χ4v) is 3.48. The predicted octanol–water partition coefficient (Wildman–Crippen LogP) is 3.79. The molecule has 1 aromatic rings. The van der Waals surface area contributed by atoms with Gasteiger partial charge in [0.1, 0.15) is 5.75 Å². The van der Waals surface area contributed by atoms with Crippen LogP contribution in [0.5, 0.6) is 5.75 Å². The van der Waals surface area contributed by atoms with Gasteiger partial charge in [-0.1, -0.05) is 32.9 Å². The number of rotatable bonds is 6. The molecule has 0 amide bonds. The van der Waals surface area contributed by atoms with Crippen molar-refractivity contribution in [2.24, 2.45) is 16.3 Å². The molecule has 1 fully saturated rings. The zero-order valence-electron chi connectivity index (χ0n) is 16.6. The minimum Gasteiger partial charge on any atom is -0.435 e. The number of benzene rings is 1. The average molecular weight is 383 g/mol. The first-order valence-electron chi connectivity index (χ1n) is 9.39. The Bertz CT molecular complexity index is 617. The molecule has 1 aliphatic heterocycles. The molecule has 2 rings (SSSR count). The second-order valence-electron chi connectivity index (χ2n) is 7.89. The first kappa shape index (κ1) is 21.4. The highest BCUT2D eigenvalue weighted by Gasteiger charge is 2.35. The van der Waals surface area contributed by atoms with Gasteiger partial charge in [0.15, 0.2) is 5.96 Å². The fourth-order valence-electron chi connectivity index (χ4n) is 3.48. The topological polar surface area (TPSA) is 54.9 Å². The Labute approximate surface area is 160 Å². The summed E-state index contributed by atoms with van der Waals surface area (Å²) in [6.07, 6.45) is 2.40. The fraction of sp³-hybridized carbons (Fsp3) is 0.650. The van der Waals surface area contributed by atoms with Crippen molar-refractivity contribution in [1.29, 1.82) is 0 Å². The van der Waals surface area contributed by atoms with E-state index in [0.29, 0.717) is 18.4 Å². The van der Waals surface area contributed by atoms with E-state index in [1.54, 1.807) is 19.2 Å². The molecule has 0 radical (unpaired) electrons. The molecule has 7 heteroatoms. The van der Waals surface area contributed by atoms with Crippen LogP contribution in [-0.4, -0.2) is 38.9 Å². The summed E-state index contributed by atoms with van der Waals surface area (Å²) >= 11 is 0. The van der Waals surface area contributed by atoms with E-state index >= 15 is 0 Å². The molecule has 0 aliphatic carbocycles. The molecule has 2 N–H and O–H groups in total. The second-order valence-corrected chi connectivity index (χ2v) is 7.89. The van der Waals surface area contributed by atoms with E-state index in [2.05, 4.69) is 41.1 Å². The third-order valence-electron chi connectivity index (χ3n) is 4.64. The third kappa shape index (κ3) is 6.97. The molecule has 1 aliphatic rings. The van der Waals surface area contributed by atoms with Crippen LogP contribution in [0.15, 0.2) is 29.3 Å². The van der Waals surface area contributed by atoms with Crippen molar-refractivity contribution >= 4 is 5.96 Å². The highest BCUT2D eigenvalue weighted by atomic mass is 19.3. The van der Waals surface area contributed by atoms with Crippen molar-refractivity contribution in [3.8, 4) is 5.75 Å². The van der Waals surface area contributed by atoms with Gasteiger partial charge in [-0.25, -0.2) is 0 Å². The molecule has 0 bridgehead atoms. The lowest BCUT2D eigenvalue weighted by Crippen LogP contribution is -2.47. The number of alkyl halides is 2. The van der Waals surface area contributed by atoms with Crippen LogP contribution >= 0.6 is 0 Å². The zero-order chi connectivity index (χ0) is 19.9. The van der Waals surface area contributed by atoms with Crippen LogP contribution in [-0.2, 0) is 11.3 Å². The van der Waals surface area contributed by atoms with E-state index in [1.807, 2.05) is 6.07 Å². The van der Waals surface area contributed by atoms with E-state index in [0.717, 1.165) is 31.6 Å². The molecule has 0 aromatic heterocycles. The highest BCUT2D eigenvalue weighted by molar-refractivity contribution is 5.79. The lowest BCUT2D eigenvalue weighted by Gasteiger charge is -2.40. The van der Waals surface area contributed by atoms with Gasteiger partial charge in [-0.15, -0.1) is 0 Å². The predicted molar refractivity (Wildman–Crippen MR) is 103 cm³/mol. The van der Waals surface area contributed by atoms with Gasteiger partial charge >= 0.3 is 6.61 Å². The van der Waals surface area contributed by atoms with Crippen LogP contribution in [0, 0.1) is 11.3 Å². The standard InChI is InChI=1S/C20H31F2N3O2/c1-20(2,3)17-15(8-6-10-26-17)13-25-19(23-4)24-12-14-7-5-9-16(11-14)27-18(21)22/h5,7,9,11,15,17-18H,6,8,10,12-13H2,1-4H3,(H2,23,24,25). The van der Waals surface area contributed by atoms with Crippen LogP contribution in [0.4, 0.5) is 8.78 Å². The summed E-state index contributed by atoms with van der Waals surface area (Å²) in [6, 6.07) is 6.65. The largest absolute Gasteiger partial charge is 0.435 e. The second kappa shape index (κ2) is 9.88. The maximum absolute atomic E-state index is 12.3. The molecule has 152 valence electrons.